The van der Waals surface area contributed by atoms with E-state index in [1.54, 1.807) is 0 Å². The molecule has 1 heterocycles. The first-order valence-electron chi connectivity index (χ1n) is 6.23. The monoisotopic (exact) mass is 261 g/mol. The van der Waals surface area contributed by atoms with Crippen LogP contribution in [0.25, 0.3) is 0 Å². The third-order valence-corrected chi connectivity index (χ3v) is 3.24. The van der Waals surface area contributed by atoms with Crippen molar-refractivity contribution >= 4 is 5.69 Å². The van der Waals surface area contributed by atoms with Crippen LogP contribution in [0.3, 0.4) is 0 Å². The first-order chi connectivity index (χ1) is 9.20. The summed E-state index contributed by atoms with van der Waals surface area (Å²) < 4.78 is 5.54. The van der Waals surface area contributed by atoms with E-state index < -0.39 is 4.92 Å². The van der Waals surface area contributed by atoms with Crippen LogP contribution in [-0.4, -0.2) is 24.6 Å². The van der Waals surface area contributed by atoms with E-state index in [-0.39, 0.29) is 11.3 Å². The molecule has 2 rings (SSSR count). The summed E-state index contributed by atoms with van der Waals surface area (Å²) in [7, 11) is 0. The van der Waals surface area contributed by atoms with Crippen LogP contribution in [0.5, 0.6) is 5.75 Å². The molecular formula is C13H15N3O3. The van der Waals surface area contributed by atoms with Crippen molar-refractivity contribution in [3.05, 3.63) is 33.9 Å². The number of nitriles is 1. The zero-order chi connectivity index (χ0) is 13.7. The Morgan fingerprint density at radius 3 is 3.05 bits per heavy atom. The summed E-state index contributed by atoms with van der Waals surface area (Å²) in [5.74, 6) is 1.14. The van der Waals surface area contributed by atoms with E-state index in [1.807, 2.05) is 6.07 Å². The SMILES string of the molecule is N#Cc1cc(OCCC2CCNC2)ccc1[N+](=O)[O-]. The molecule has 0 bridgehead atoms. The molecule has 0 saturated carbocycles. The number of nitrogens with zero attached hydrogens (tertiary/aromatic N) is 2. The molecule has 1 aliphatic heterocycles. The maximum atomic E-state index is 10.7. The summed E-state index contributed by atoms with van der Waals surface area (Å²) in [5, 5.41) is 22.8. The fourth-order valence-electron chi connectivity index (χ4n) is 2.16. The number of benzene rings is 1. The van der Waals surface area contributed by atoms with E-state index in [1.165, 1.54) is 18.2 Å². The third-order valence-electron chi connectivity index (χ3n) is 3.24. The van der Waals surface area contributed by atoms with Gasteiger partial charge in [-0.1, -0.05) is 0 Å². The zero-order valence-electron chi connectivity index (χ0n) is 10.5. The molecule has 1 aliphatic rings. The molecule has 19 heavy (non-hydrogen) atoms. The van der Waals surface area contributed by atoms with Crippen LogP contribution in [0, 0.1) is 27.4 Å². The van der Waals surface area contributed by atoms with Crippen LogP contribution >= 0.6 is 0 Å². The Morgan fingerprint density at radius 2 is 2.42 bits per heavy atom. The first-order valence-corrected chi connectivity index (χ1v) is 6.23. The fourth-order valence-corrected chi connectivity index (χ4v) is 2.16. The minimum Gasteiger partial charge on any atom is -0.494 e. The van der Waals surface area contributed by atoms with Crippen LogP contribution in [0.2, 0.25) is 0 Å². The van der Waals surface area contributed by atoms with Crippen molar-refractivity contribution in [2.75, 3.05) is 19.7 Å². The number of rotatable bonds is 5. The van der Waals surface area contributed by atoms with Crippen molar-refractivity contribution < 1.29 is 9.66 Å². The van der Waals surface area contributed by atoms with Gasteiger partial charge in [0.2, 0.25) is 0 Å². The average Bonchev–Trinajstić information content (AvgIpc) is 2.91. The van der Waals surface area contributed by atoms with Crippen LogP contribution < -0.4 is 10.1 Å². The van der Waals surface area contributed by atoms with Gasteiger partial charge in [-0.15, -0.1) is 0 Å². The van der Waals surface area contributed by atoms with Gasteiger partial charge >= 0.3 is 0 Å². The second-order valence-corrected chi connectivity index (χ2v) is 4.54. The summed E-state index contributed by atoms with van der Waals surface area (Å²) in [6.45, 7) is 2.64. The third kappa shape index (κ3) is 3.42. The Bertz CT molecular complexity index is 504. The van der Waals surface area contributed by atoms with Gasteiger partial charge in [0, 0.05) is 12.1 Å². The van der Waals surface area contributed by atoms with E-state index >= 15 is 0 Å². The van der Waals surface area contributed by atoms with Crippen molar-refractivity contribution in [1.29, 1.82) is 5.26 Å². The van der Waals surface area contributed by atoms with Gasteiger partial charge in [0.05, 0.1) is 11.5 Å². The van der Waals surface area contributed by atoms with E-state index in [2.05, 4.69) is 5.32 Å². The lowest BCUT2D eigenvalue weighted by Gasteiger charge is -2.10. The minimum atomic E-state index is -0.563. The standard InChI is InChI=1S/C13H15N3O3/c14-8-11-7-12(1-2-13(11)16(17)18)19-6-4-10-3-5-15-9-10/h1-2,7,10,15H,3-6,9H2. The number of nitro groups is 1. The van der Waals surface area contributed by atoms with E-state index in [0.717, 1.165) is 25.9 Å². The molecule has 0 aromatic heterocycles. The molecule has 1 atom stereocenters. The van der Waals surface area contributed by atoms with E-state index in [9.17, 15) is 10.1 Å². The lowest BCUT2D eigenvalue weighted by molar-refractivity contribution is -0.385. The van der Waals surface area contributed by atoms with Gasteiger partial charge in [0.25, 0.3) is 5.69 Å². The van der Waals surface area contributed by atoms with Gasteiger partial charge in [-0.2, -0.15) is 5.26 Å². The maximum Gasteiger partial charge on any atom is 0.287 e. The molecule has 1 N–H and O–H groups in total. The molecule has 1 unspecified atom stereocenters. The largest absolute Gasteiger partial charge is 0.494 e. The molecule has 6 nitrogen and oxygen atoms in total. The highest BCUT2D eigenvalue weighted by molar-refractivity contribution is 5.52. The second-order valence-electron chi connectivity index (χ2n) is 4.54. The topological polar surface area (TPSA) is 88.2 Å². The van der Waals surface area contributed by atoms with Gasteiger partial charge in [-0.25, -0.2) is 0 Å². The van der Waals surface area contributed by atoms with Gasteiger partial charge in [-0.3, -0.25) is 10.1 Å². The zero-order valence-corrected chi connectivity index (χ0v) is 10.5. The Labute approximate surface area is 111 Å². The highest BCUT2D eigenvalue weighted by atomic mass is 16.6. The molecule has 1 aromatic carbocycles. The van der Waals surface area contributed by atoms with Crippen molar-refractivity contribution in [3.8, 4) is 11.8 Å². The Morgan fingerprint density at radius 1 is 1.58 bits per heavy atom. The number of ether oxygens (including phenoxy) is 1. The summed E-state index contributed by atoms with van der Waals surface area (Å²) in [4.78, 5) is 10.1. The Hall–Kier alpha value is -2.13. The van der Waals surface area contributed by atoms with E-state index in [4.69, 9.17) is 10.00 Å². The Kier molecular flexibility index (Phi) is 4.31. The van der Waals surface area contributed by atoms with Gasteiger partial charge in [0.1, 0.15) is 17.4 Å². The Balaban J connectivity index is 1.93. The number of hydrogen-bond donors (Lipinski definition) is 1. The number of hydrogen-bond acceptors (Lipinski definition) is 5. The van der Waals surface area contributed by atoms with Gasteiger partial charge < -0.3 is 10.1 Å². The summed E-state index contributed by atoms with van der Waals surface area (Å²) in [6.07, 6.45) is 2.11. The summed E-state index contributed by atoms with van der Waals surface area (Å²) in [5.41, 5.74) is -0.153. The van der Waals surface area contributed by atoms with E-state index in [0.29, 0.717) is 18.3 Å². The van der Waals surface area contributed by atoms with Crippen molar-refractivity contribution in [3.63, 3.8) is 0 Å². The van der Waals surface area contributed by atoms with Gasteiger partial charge in [-0.05, 0) is 37.9 Å². The number of nitro benzene ring substituents is 1. The molecule has 1 aromatic rings. The van der Waals surface area contributed by atoms with Crippen molar-refractivity contribution in [2.45, 2.75) is 12.8 Å². The molecule has 100 valence electrons. The molecule has 1 fully saturated rings. The van der Waals surface area contributed by atoms with Crippen molar-refractivity contribution in [1.82, 2.24) is 5.32 Å². The highest BCUT2D eigenvalue weighted by Crippen LogP contribution is 2.23. The first kappa shape index (κ1) is 13.3. The minimum absolute atomic E-state index is 0.0324. The van der Waals surface area contributed by atoms with Crippen molar-refractivity contribution in [2.24, 2.45) is 5.92 Å². The molecule has 0 radical (unpaired) electrons. The molecule has 6 heteroatoms. The van der Waals surface area contributed by atoms with Crippen LogP contribution in [-0.2, 0) is 0 Å². The average molecular weight is 261 g/mol. The maximum absolute atomic E-state index is 10.7. The smallest absolute Gasteiger partial charge is 0.287 e. The predicted molar refractivity (Wildman–Crippen MR) is 68.9 cm³/mol. The van der Waals surface area contributed by atoms with Crippen LogP contribution in [0.4, 0.5) is 5.69 Å². The quantitative estimate of drug-likeness (QED) is 0.645. The predicted octanol–water partition coefficient (Wildman–Crippen LogP) is 1.84. The normalized spacial score (nSPS) is 17.9. The number of nitrogens with one attached hydrogen (secondary N) is 1. The van der Waals surface area contributed by atoms with Crippen LogP contribution in [0.1, 0.15) is 18.4 Å². The molecule has 0 spiro atoms. The van der Waals surface area contributed by atoms with Gasteiger partial charge in [0.15, 0.2) is 0 Å². The highest BCUT2D eigenvalue weighted by Gasteiger charge is 2.16. The fraction of sp³-hybridized carbons (Fsp3) is 0.462. The molecule has 0 amide bonds. The molecular weight excluding hydrogens is 246 g/mol. The summed E-state index contributed by atoms with van der Waals surface area (Å²) >= 11 is 0. The lowest BCUT2D eigenvalue weighted by atomic mass is 10.1. The summed E-state index contributed by atoms with van der Waals surface area (Å²) in [6, 6.07) is 6.08. The second kappa shape index (κ2) is 6.16. The van der Waals surface area contributed by atoms with Crippen LogP contribution in [0.15, 0.2) is 18.2 Å². The lowest BCUT2D eigenvalue weighted by Crippen LogP contribution is -2.11. The molecule has 1 saturated heterocycles. The molecule has 0 aliphatic carbocycles.